The van der Waals surface area contributed by atoms with Gasteiger partial charge in [-0.25, -0.2) is 9.97 Å². The van der Waals surface area contributed by atoms with Gasteiger partial charge in [0.1, 0.15) is 5.82 Å². The van der Waals surface area contributed by atoms with E-state index in [-0.39, 0.29) is 6.04 Å². The van der Waals surface area contributed by atoms with Crippen LogP contribution in [0.1, 0.15) is 37.3 Å². The van der Waals surface area contributed by atoms with Gasteiger partial charge in [0.25, 0.3) is 0 Å². The zero-order chi connectivity index (χ0) is 13.1. The van der Waals surface area contributed by atoms with Gasteiger partial charge in [0.15, 0.2) is 0 Å². The average molecular weight is 246 g/mol. The molecule has 0 aliphatic rings. The van der Waals surface area contributed by atoms with Crippen molar-refractivity contribution in [2.75, 3.05) is 5.73 Å². The van der Waals surface area contributed by atoms with Crippen molar-refractivity contribution in [3.8, 4) is 0 Å². The molecule has 0 saturated heterocycles. The second-order valence-corrected chi connectivity index (χ2v) is 4.63. The van der Waals surface area contributed by atoms with E-state index >= 15 is 0 Å². The van der Waals surface area contributed by atoms with Gasteiger partial charge < -0.3 is 15.4 Å². The molecule has 18 heavy (non-hydrogen) atoms. The van der Waals surface area contributed by atoms with Gasteiger partial charge in [0, 0.05) is 18.7 Å². The molecule has 1 unspecified atom stereocenters. The van der Waals surface area contributed by atoms with E-state index in [1.807, 2.05) is 10.6 Å². The fourth-order valence-electron chi connectivity index (χ4n) is 1.95. The summed E-state index contributed by atoms with van der Waals surface area (Å²) in [6.45, 7) is 4.12. The van der Waals surface area contributed by atoms with Crippen LogP contribution in [0, 0.1) is 0 Å². The Morgan fingerprint density at radius 3 is 2.89 bits per heavy atom. The van der Waals surface area contributed by atoms with Crippen molar-refractivity contribution in [2.24, 2.45) is 0 Å². The lowest BCUT2D eigenvalue weighted by molar-refractivity contribution is 0.167. The summed E-state index contributed by atoms with van der Waals surface area (Å²) in [6, 6.07) is 3.91. The zero-order valence-corrected chi connectivity index (χ0v) is 10.6. The number of anilines is 1. The predicted octanol–water partition coefficient (Wildman–Crippen LogP) is 1.72. The molecule has 5 heteroatoms. The largest absolute Gasteiger partial charge is 0.386 e. The molecule has 0 amide bonds. The topological polar surface area (TPSA) is 77.0 Å². The first-order chi connectivity index (χ1) is 8.58. The van der Waals surface area contributed by atoms with Gasteiger partial charge in [0.2, 0.25) is 0 Å². The van der Waals surface area contributed by atoms with E-state index < -0.39 is 6.10 Å². The van der Waals surface area contributed by atoms with Crippen LogP contribution in [0.25, 0.3) is 0 Å². The summed E-state index contributed by atoms with van der Waals surface area (Å²) in [5, 5.41) is 10.3. The van der Waals surface area contributed by atoms with Crippen molar-refractivity contribution in [2.45, 2.75) is 32.4 Å². The third-order valence-electron chi connectivity index (χ3n) is 2.87. The Hall–Kier alpha value is -1.88. The summed E-state index contributed by atoms with van der Waals surface area (Å²) < 4.78 is 1.97. The van der Waals surface area contributed by atoms with E-state index in [9.17, 15) is 5.11 Å². The van der Waals surface area contributed by atoms with Crippen molar-refractivity contribution in [1.29, 1.82) is 0 Å². The number of pyridine rings is 1. The summed E-state index contributed by atoms with van der Waals surface area (Å²) in [5.41, 5.74) is 7.40. The minimum Gasteiger partial charge on any atom is -0.386 e. The molecule has 3 N–H and O–H groups in total. The van der Waals surface area contributed by atoms with Gasteiger partial charge in [-0.3, -0.25) is 0 Å². The lowest BCUT2D eigenvalue weighted by atomic mass is 10.1. The number of nitrogens with zero attached hydrogens (tertiary/aromatic N) is 3. The molecule has 0 spiro atoms. The van der Waals surface area contributed by atoms with E-state index in [4.69, 9.17) is 5.73 Å². The average Bonchev–Trinajstić information content (AvgIpc) is 2.77. The van der Waals surface area contributed by atoms with Crippen LogP contribution in [0.15, 0.2) is 30.9 Å². The van der Waals surface area contributed by atoms with Gasteiger partial charge >= 0.3 is 0 Å². The van der Waals surface area contributed by atoms with E-state index in [0.29, 0.717) is 12.2 Å². The van der Waals surface area contributed by atoms with Crippen LogP contribution >= 0.6 is 0 Å². The minimum absolute atomic E-state index is 0.277. The molecule has 0 aliphatic heterocycles. The number of aliphatic hydroxyl groups excluding tert-OH is 1. The van der Waals surface area contributed by atoms with E-state index in [1.54, 1.807) is 24.8 Å². The third kappa shape index (κ3) is 2.68. The Morgan fingerprint density at radius 1 is 1.44 bits per heavy atom. The van der Waals surface area contributed by atoms with Crippen molar-refractivity contribution in [1.82, 2.24) is 14.5 Å². The first-order valence-corrected chi connectivity index (χ1v) is 5.98. The summed E-state index contributed by atoms with van der Waals surface area (Å²) in [6.07, 6.45) is 5.01. The quantitative estimate of drug-likeness (QED) is 0.861. The molecule has 0 aromatic carbocycles. The lowest BCUT2D eigenvalue weighted by Gasteiger charge is -2.16. The molecule has 2 aromatic rings. The number of rotatable bonds is 4. The number of hydrogen-bond acceptors (Lipinski definition) is 4. The highest BCUT2D eigenvalue weighted by Crippen LogP contribution is 2.21. The van der Waals surface area contributed by atoms with E-state index in [1.165, 1.54) is 0 Å². The molecule has 0 aliphatic carbocycles. The van der Waals surface area contributed by atoms with Crippen molar-refractivity contribution < 1.29 is 5.11 Å². The van der Waals surface area contributed by atoms with Crippen LogP contribution in [-0.2, 0) is 6.42 Å². The van der Waals surface area contributed by atoms with Crippen LogP contribution in [0.5, 0.6) is 0 Å². The third-order valence-corrected chi connectivity index (χ3v) is 2.87. The summed E-state index contributed by atoms with van der Waals surface area (Å²) >= 11 is 0. The maximum atomic E-state index is 10.3. The second kappa shape index (κ2) is 5.18. The van der Waals surface area contributed by atoms with Gasteiger partial charge in [0.05, 0.1) is 24.3 Å². The van der Waals surface area contributed by atoms with Crippen molar-refractivity contribution in [3.63, 3.8) is 0 Å². The standard InChI is InChI=1S/C13H18N4O/c1-9(2)17-8-15-7-11(17)12(18)5-10-3-4-16-13(14)6-10/h3-4,6-9,12,18H,5H2,1-2H3,(H2,14,16). The van der Waals surface area contributed by atoms with Gasteiger partial charge in [-0.15, -0.1) is 0 Å². The Bertz CT molecular complexity index is 521. The fraction of sp³-hybridized carbons (Fsp3) is 0.385. The predicted molar refractivity (Wildman–Crippen MR) is 69.9 cm³/mol. The molecule has 0 fully saturated rings. The summed E-state index contributed by atoms with van der Waals surface area (Å²) in [7, 11) is 0. The van der Waals surface area contributed by atoms with Crippen molar-refractivity contribution >= 4 is 5.82 Å². The maximum absolute atomic E-state index is 10.3. The van der Waals surface area contributed by atoms with E-state index in [2.05, 4.69) is 23.8 Å². The number of nitrogens with two attached hydrogens (primary N) is 1. The summed E-state index contributed by atoms with van der Waals surface area (Å²) in [5.74, 6) is 0.470. The Balaban J connectivity index is 2.17. The first kappa shape index (κ1) is 12.6. The molecule has 96 valence electrons. The number of aromatic nitrogens is 3. The highest BCUT2D eigenvalue weighted by atomic mass is 16.3. The van der Waals surface area contributed by atoms with Gasteiger partial charge in [-0.2, -0.15) is 0 Å². The molecule has 0 radical (unpaired) electrons. The molecule has 0 bridgehead atoms. The molecule has 0 saturated carbocycles. The molecule has 2 heterocycles. The van der Waals surface area contributed by atoms with Crippen LogP contribution in [-0.4, -0.2) is 19.6 Å². The maximum Gasteiger partial charge on any atom is 0.123 e. The monoisotopic (exact) mass is 246 g/mol. The number of aliphatic hydroxyl groups is 1. The molecular formula is C13H18N4O. The Kier molecular flexibility index (Phi) is 3.62. The fourth-order valence-corrected chi connectivity index (χ4v) is 1.95. The van der Waals surface area contributed by atoms with E-state index in [0.717, 1.165) is 11.3 Å². The summed E-state index contributed by atoms with van der Waals surface area (Å²) in [4.78, 5) is 8.02. The highest BCUT2D eigenvalue weighted by Gasteiger charge is 2.15. The molecular weight excluding hydrogens is 228 g/mol. The number of hydrogen-bond donors (Lipinski definition) is 2. The van der Waals surface area contributed by atoms with Crippen LogP contribution in [0.2, 0.25) is 0 Å². The van der Waals surface area contributed by atoms with Crippen LogP contribution in [0.3, 0.4) is 0 Å². The number of nitrogen functional groups attached to an aromatic ring is 1. The first-order valence-electron chi connectivity index (χ1n) is 5.98. The van der Waals surface area contributed by atoms with Crippen molar-refractivity contribution in [3.05, 3.63) is 42.1 Å². The SMILES string of the molecule is CC(C)n1cncc1C(O)Cc1ccnc(N)c1. The second-order valence-electron chi connectivity index (χ2n) is 4.63. The van der Waals surface area contributed by atoms with Crippen LogP contribution in [0.4, 0.5) is 5.82 Å². The molecule has 5 nitrogen and oxygen atoms in total. The normalized spacial score (nSPS) is 12.9. The Morgan fingerprint density at radius 2 is 2.22 bits per heavy atom. The molecule has 2 rings (SSSR count). The van der Waals surface area contributed by atoms with Gasteiger partial charge in [-0.1, -0.05) is 0 Å². The smallest absolute Gasteiger partial charge is 0.123 e. The van der Waals surface area contributed by atoms with Crippen LogP contribution < -0.4 is 5.73 Å². The molecule has 2 aromatic heterocycles. The minimum atomic E-state index is -0.586. The number of imidazole rings is 1. The lowest BCUT2D eigenvalue weighted by Crippen LogP contribution is -2.11. The molecule has 1 atom stereocenters. The Labute approximate surface area is 106 Å². The van der Waals surface area contributed by atoms with Gasteiger partial charge in [-0.05, 0) is 31.5 Å². The highest BCUT2D eigenvalue weighted by molar-refractivity contribution is 5.32. The zero-order valence-electron chi connectivity index (χ0n) is 10.6.